The van der Waals surface area contributed by atoms with E-state index < -0.39 is 0 Å². The van der Waals surface area contributed by atoms with Crippen molar-refractivity contribution in [1.82, 2.24) is 9.97 Å². The summed E-state index contributed by atoms with van der Waals surface area (Å²) in [7, 11) is 0. The third kappa shape index (κ3) is 4.30. The molecule has 1 saturated heterocycles. The van der Waals surface area contributed by atoms with Gasteiger partial charge in [-0.1, -0.05) is 54.1 Å². The molecule has 3 aromatic carbocycles. The molecule has 0 N–H and O–H groups in total. The van der Waals surface area contributed by atoms with E-state index in [-0.39, 0.29) is 5.82 Å². The first-order chi connectivity index (χ1) is 15.7. The van der Waals surface area contributed by atoms with Gasteiger partial charge in [-0.25, -0.2) is 14.4 Å². The molecule has 1 aliphatic heterocycles. The van der Waals surface area contributed by atoms with E-state index in [9.17, 15) is 4.39 Å². The average Bonchev–Trinajstić information content (AvgIpc) is 2.85. The summed E-state index contributed by atoms with van der Waals surface area (Å²) in [6, 6.07) is 24.6. The van der Waals surface area contributed by atoms with E-state index in [1.54, 1.807) is 0 Å². The zero-order valence-corrected chi connectivity index (χ0v) is 18.2. The van der Waals surface area contributed by atoms with Gasteiger partial charge in [0, 0.05) is 54.2 Å². The maximum Gasteiger partial charge on any atom is 0.226 e. The molecule has 32 heavy (non-hydrogen) atoms. The molecule has 0 spiro atoms. The van der Waals surface area contributed by atoms with Crippen molar-refractivity contribution in [3.8, 4) is 22.4 Å². The van der Waals surface area contributed by atoms with Crippen LogP contribution in [0, 0.1) is 5.82 Å². The quantitative estimate of drug-likeness (QED) is 0.390. The van der Waals surface area contributed by atoms with Crippen molar-refractivity contribution in [2.24, 2.45) is 0 Å². The van der Waals surface area contributed by atoms with Gasteiger partial charge in [-0.05, 0) is 42.0 Å². The fourth-order valence-electron chi connectivity index (χ4n) is 4.00. The molecule has 0 saturated carbocycles. The lowest BCUT2D eigenvalue weighted by Crippen LogP contribution is -2.47. The van der Waals surface area contributed by atoms with Crippen LogP contribution in [-0.2, 0) is 0 Å². The van der Waals surface area contributed by atoms with Gasteiger partial charge in [0.25, 0.3) is 0 Å². The molecule has 0 bridgehead atoms. The molecule has 4 aromatic rings. The van der Waals surface area contributed by atoms with Crippen molar-refractivity contribution < 1.29 is 4.39 Å². The van der Waals surface area contributed by atoms with Crippen molar-refractivity contribution in [2.75, 3.05) is 36.0 Å². The zero-order chi connectivity index (χ0) is 21.9. The number of nitrogens with zero attached hydrogens (tertiary/aromatic N) is 4. The van der Waals surface area contributed by atoms with Crippen LogP contribution in [0.25, 0.3) is 22.4 Å². The first-order valence-electron chi connectivity index (χ1n) is 10.6. The Hall–Kier alpha value is -3.44. The number of hydrogen-bond donors (Lipinski definition) is 0. The minimum atomic E-state index is -0.214. The molecule has 5 rings (SSSR count). The topological polar surface area (TPSA) is 32.3 Å². The Kier molecular flexibility index (Phi) is 5.73. The molecule has 0 unspecified atom stereocenters. The normalized spacial score (nSPS) is 13.9. The van der Waals surface area contributed by atoms with E-state index in [1.807, 2.05) is 60.8 Å². The summed E-state index contributed by atoms with van der Waals surface area (Å²) in [6.07, 6.45) is 1.91. The molecule has 4 nitrogen and oxygen atoms in total. The highest BCUT2D eigenvalue weighted by Gasteiger charge is 2.21. The number of hydrogen-bond acceptors (Lipinski definition) is 4. The number of halogens is 2. The standard InChI is InChI=1S/C26H22ClFN4/c27-21-8-6-20(7-9-21)25-24(19-4-2-1-3-5-19)18-29-26(30-25)32-16-14-31(15-17-32)23-12-10-22(28)11-13-23/h1-13,18H,14-17H2. The highest BCUT2D eigenvalue weighted by atomic mass is 35.5. The number of rotatable bonds is 4. The first kappa shape index (κ1) is 20.5. The molecule has 0 amide bonds. The third-order valence-corrected chi connectivity index (χ3v) is 5.98. The number of benzene rings is 3. The molecule has 0 radical (unpaired) electrons. The van der Waals surface area contributed by atoms with Gasteiger partial charge >= 0.3 is 0 Å². The first-order valence-corrected chi connectivity index (χ1v) is 11.0. The van der Waals surface area contributed by atoms with Gasteiger partial charge < -0.3 is 9.80 Å². The molecule has 0 atom stereocenters. The van der Waals surface area contributed by atoms with Crippen LogP contribution >= 0.6 is 11.6 Å². The number of aromatic nitrogens is 2. The lowest BCUT2D eigenvalue weighted by molar-refractivity contribution is 0.623. The van der Waals surface area contributed by atoms with Crippen LogP contribution in [0.2, 0.25) is 5.02 Å². The maximum atomic E-state index is 13.2. The predicted octanol–water partition coefficient (Wildman–Crippen LogP) is 5.93. The van der Waals surface area contributed by atoms with Gasteiger partial charge in [-0.15, -0.1) is 0 Å². The lowest BCUT2D eigenvalue weighted by Gasteiger charge is -2.36. The summed E-state index contributed by atoms with van der Waals surface area (Å²) < 4.78 is 13.2. The van der Waals surface area contributed by atoms with Crippen LogP contribution in [0.3, 0.4) is 0 Å². The van der Waals surface area contributed by atoms with Crippen LogP contribution < -0.4 is 9.80 Å². The van der Waals surface area contributed by atoms with Crippen molar-refractivity contribution in [3.05, 3.63) is 95.9 Å². The zero-order valence-electron chi connectivity index (χ0n) is 17.5. The van der Waals surface area contributed by atoms with Gasteiger partial charge in [-0.2, -0.15) is 0 Å². The monoisotopic (exact) mass is 444 g/mol. The predicted molar refractivity (Wildman–Crippen MR) is 129 cm³/mol. The second-order valence-corrected chi connectivity index (χ2v) is 8.19. The van der Waals surface area contributed by atoms with Gasteiger partial charge in [0.2, 0.25) is 5.95 Å². The van der Waals surface area contributed by atoms with Gasteiger partial charge in [0.1, 0.15) is 5.82 Å². The summed E-state index contributed by atoms with van der Waals surface area (Å²) in [5.74, 6) is 0.502. The Bertz CT molecular complexity index is 1190. The van der Waals surface area contributed by atoms with Crippen LogP contribution in [0.1, 0.15) is 0 Å². The van der Waals surface area contributed by atoms with Crippen molar-refractivity contribution in [1.29, 1.82) is 0 Å². The van der Waals surface area contributed by atoms with E-state index in [4.69, 9.17) is 21.6 Å². The molecule has 6 heteroatoms. The van der Waals surface area contributed by atoms with Crippen molar-refractivity contribution in [2.45, 2.75) is 0 Å². The van der Waals surface area contributed by atoms with Crippen molar-refractivity contribution >= 4 is 23.2 Å². The Morgan fingerprint density at radius 3 is 2.06 bits per heavy atom. The Balaban J connectivity index is 1.43. The molecule has 1 aliphatic rings. The van der Waals surface area contributed by atoms with Crippen molar-refractivity contribution in [3.63, 3.8) is 0 Å². The van der Waals surface area contributed by atoms with Crippen LogP contribution in [0.5, 0.6) is 0 Å². The third-order valence-electron chi connectivity index (χ3n) is 5.73. The maximum absolute atomic E-state index is 13.2. The summed E-state index contributed by atoms with van der Waals surface area (Å²) in [5.41, 5.74) is 4.99. The molecule has 1 fully saturated rings. The van der Waals surface area contributed by atoms with Crippen LogP contribution in [0.4, 0.5) is 16.0 Å². The van der Waals surface area contributed by atoms with Gasteiger partial charge in [0.15, 0.2) is 0 Å². The Labute approximate surface area is 191 Å². The van der Waals surface area contributed by atoms with Gasteiger partial charge in [-0.3, -0.25) is 0 Å². The summed E-state index contributed by atoms with van der Waals surface area (Å²) >= 11 is 6.12. The van der Waals surface area contributed by atoms with Crippen LogP contribution in [-0.4, -0.2) is 36.1 Å². The average molecular weight is 445 g/mol. The van der Waals surface area contributed by atoms with E-state index in [0.29, 0.717) is 11.0 Å². The summed E-state index contributed by atoms with van der Waals surface area (Å²) in [5, 5.41) is 0.696. The highest BCUT2D eigenvalue weighted by molar-refractivity contribution is 6.30. The largest absolute Gasteiger partial charge is 0.368 e. The molecule has 160 valence electrons. The molecular formula is C26H22ClFN4. The van der Waals surface area contributed by atoms with E-state index >= 15 is 0 Å². The number of anilines is 2. The second-order valence-electron chi connectivity index (χ2n) is 7.76. The SMILES string of the molecule is Fc1ccc(N2CCN(c3ncc(-c4ccccc4)c(-c4ccc(Cl)cc4)n3)CC2)cc1. The minimum Gasteiger partial charge on any atom is -0.368 e. The summed E-state index contributed by atoms with van der Waals surface area (Å²) in [4.78, 5) is 14.2. The second kappa shape index (κ2) is 8.97. The molecule has 2 heterocycles. The molecule has 1 aromatic heterocycles. The smallest absolute Gasteiger partial charge is 0.226 e. The molecular weight excluding hydrogens is 423 g/mol. The lowest BCUT2D eigenvalue weighted by atomic mass is 10.0. The van der Waals surface area contributed by atoms with E-state index in [2.05, 4.69) is 21.9 Å². The molecule has 0 aliphatic carbocycles. The Morgan fingerprint density at radius 1 is 0.719 bits per heavy atom. The van der Waals surface area contributed by atoms with E-state index in [1.165, 1.54) is 12.1 Å². The minimum absolute atomic E-state index is 0.214. The summed E-state index contributed by atoms with van der Waals surface area (Å²) in [6.45, 7) is 3.24. The highest BCUT2D eigenvalue weighted by Crippen LogP contribution is 2.32. The number of piperazine rings is 1. The fraction of sp³-hybridized carbons (Fsp3) is 0.154. The van der Waals surface area contributed by atoms with E-state index in [0.717, 1.165) is 54.3 Å². The van der Waals surface area contributed by atoms with Crippen LogP contribution in [0.15, 0.2) is 85.1 Å². The fourth-order valence-corrected chi connectivity index (χ4v) is 4.12. The van der Waals surface area contributed by atoms with Gasteiger partial charge in [0.05, 0.1) is 5.69 Å². The Morgan fingerprint density at radius 2 is 1.38 bits per heavy atom.